The maximum atomic E-state index is 12.0. The number of unbranched alkanes of at least 4 members (excludes halogenated alkanes) is 3. The first-order valence-electron chi connectivity index (χ1n) is 6.87. The lowest BCUT2D eigenvalue weighted by molar-refractivity contribution is -0.384. The van der Waals surface area contributed by atoms with Crippen molar-refractivity contribution in [1.29, 1.82) is 0 Å². The number of carbonyl (C=O) groups is 1. The highest BCUT2D eigenvalue weighted by Gasteiger charge is 2.15. The summed E-state index contributed by atoms with van der Waals surface area (Å²) >= 11 is 0. The van der Waals surface area contributed by atoms with E-state index in [4.69, 9.17) is 5.11 Å². The molecule has 0 radical (unpaired) electrons. The number of benzene rings is 1. The molecule has 0 saturated heterocycles. The van der Waals surface area contributed by atoms with Crippen LogP contribution in [0.15, 0.2) is 18.2 Å². The van der Waals surface area contributed by atoms with Crippen LogP contribution in [0.1, 0.15) is 41.6 Å². The number of hydrogen-bond donors (Lipinski definition) is 3. The molecule has 1 amide bonds. The quantitative estimate of drug-likeness (QED) is 0.362. The second-order valence-electron chi connectivity index (χ2n) is 4.65. The van der Waals surface area contributed by atoms with Gasteiger partial charge in [-0.05, 0) is 24.5 Å². The van der Waals surface area contributed by atoms with E-state index in [1.807, 2.05) is 0 Å². The van der Waals surface area contributed by atoms with Gasteiger partial charge >= 0.3 is 0 Å². The molecule has 21 heavy (non-hydrogen) atoms. The van der Waals surface area contributed by atoms with Gasteiger partial charge in [0.15, 0.2) is 0 Å². The van der Waals surface area contributed by atoms with Crippen molar-refractivity contribution >= 4 is 11.6 Å². The van der Waals surface area contributed by atoms with E-state index in [9.17, 15) is 20.0 Å². The van der Waals surface area contributed by atoms with Gasteiger partial charge in [0.2, 0.25) is 0 Å². The van der Waals surface area contributed by atoms with Gasteiger partial charge in [-0.15, -0.1) is 0 Å². The van der Waals surface area contributed by atoms with Crippen molar-refractivity contribution < 1.29 is 19.9 Å². The Kier molecular flexibility index (Phi) is 7.34. The van der Waals surface area contributed by atoms with Gasteiger partial charge in [0.1, 0.15) is 0 Å². The first-order chi connectivity index (χ1) is 10.1. The Hall–Kier alpha value is -1.99. The van der Waals surface area contributed by atoms with Crippen LogP contribution in [0.4, 0.5) is 5.69 Å². The largest absolute Gasteiger partial charge is 0.396 e. The molecule has 116 valence electrons. The van der Waals surface area contributed by atoms with E-state index in [0.29, 0.717) is 12.1 Å². The number of nitrogens with one attached hydrogen (secondary N) is 1. The number of amides is 1. The number of aliphatic hydroxyl groups is 2. The maximum absolute atomic E-state index is 12.0. The van der Waals surface area contributed by atoms with Crippen molar-refractivity contribution in [3.63, 3.8) is 0 Å². The number of aliphatic hydroxyl groups excluding tert-OH is 2. The monoisotopic (exact) mass is 296 g/mol. The Morgan fingerprint density at radius 1 is 1.19 bits per heavy atom. The molecule has 0 bridgehead atoms. The Morgan fingerprint density at radius 2 is 1.90 bits per heavy atom. The summed E-state index contributed by atoms with van der Waals surface area (Å²) in [5.74, 6) is -0.426. The number of nitro groups is 1. The molecule has 0 aliphatic rings. The molecule has 0 unspecified atom stereocenters. The average molecular weight is 296 g/mol. The summed E-state index contributed by atoms with van der Waals surface area (Å²) in [5, 5.41) is 31.2. The molecule has 0 heterocycles. The van der Waals surface area contributed by atoms with Gasteiger partial charge in [0.25, 0.3) is 11.6 Å². The van der Waals surface area contributed by atoms with Gasteiger partial charge < -0.3 is 15.5 Å². The summed E-state index contributed by atoms with van der Waals surface area (Å²) in [5.41, 5.74) is 0.306. The molecule has 0 spiro atoms. The molecule has 1 aromatic rings. The van der Waals surface area contributed by atoms with Crippen molar-refractivity contribution in [2.75, 3.05) is 13.2 Å². The first-order valence-corrected chi connectivity index (χ1v) is 6.87. The van der Waals surface area contributed by atoms with E-state index in [1.54, 1.807) is 0 Å². The molecule has 0 aromatic heterocycles. The van der Waals surface area contributed by atoms with Crippen molar-refractivity contribution in [1.82, 2.24) is 5.32 Å². The molecule has 3 N–H and O–H groups in total. The van der Waals surface area contributed by atoms with Gasteiger partial charge in [-0.1, -0.05) is 12.8 Å². The van der Waals surface area contributed by atoms with Crippen molar-refractivity contribution in [2.24, 2.45) is 0 Å². The SMILES string of the molecule is O=C(NCCCCCCO)c1cc([N+](=O)[O-])ccc1CO. The van der Waals surface area contributed by atoms with Gasteiger partial charge in [-0.3, -0.25) is 14.9 Å². The lowest BCUT2D eigenvalue weighted by atomic mass is 10.1. The van der Waals surface area contributed by atoms with Crippen LogP contribution in [0.5, 0.6) is 0 Å². The van der Waals surface area contributed by atoms with E-state index in [2.05, 4.69) is 5.32 Å². The summed E-state index contributed by atoms with van der Waals surface area (Å²) in [7, 11) is 0. The third-order valence-corrected chi connectivity index (χ3v) is 3.09. The number of nitrogens with zero attached hydrogens (tertiary/aromatic N) is 1. The third-order valence-electron chi connectivity index (χ3n) is 3.09. The molecule has 0 atom stereocenters. The molecule has 0 saturated carbocycles. The number of nitro benzene ring substituents is 1. The van der Waals surface area contributed by atoms with Crippen LogP contribution in [0, 0.1) is 10.1 Å². The summed E-state index contributed by atoms with van der Waals surface area (Å²) in [6.07, 6.45) is 3.30. The lowest BCUT2D eigenvalue weighted by Gasteiger charge is -2.08. The van der Waals surface area contributed by atoms with Crippen LogP contribution in [-0.2, 0) is 6.61 Å². The van der Waals surface area contributed by atoms with Crippen LogP contribution < -0.4 is 5.32 Å². The Morgan fingerprint density at radius 3 is 2.52 bits per heavy atom. The minimum absolute atomic E-state index is 0.127. The minimum Gasteiger partial charge on any atom is -0.396 e. The van der Waals surface area contributed by atoms with E-state index in [-0.39, 0.29) is 24.5 Å². The molecular formula is C14H20N2O5. The number of rotatable bonds is 9. The smallest absolute Gasteiger partial charge is 0.270 e. The fraction of sp³-hybridized carbons (Fsp3) is 0.500. The van der Waals surface area contributed by atoms with Gasteiger partial charge in [-0.2, -0.15) is 0 Å². The van der Waals surface area contributed by atoms with E-state index in [0.717, 1.165) is 25.7 Å². The Bertz CT molecular complexity index is 490. The molecule has 7 nitrogen and oxygen atoms in total. The van der Waals surface area contributed by atoms with Crippen molar-refractivity contribution in [3.8, 4) is 0 Å². The molecule has 0 fully saturated rings. The highest BCUT2D eigenvalue weighted by atomic mass is 16.6. The van der Waals surface area contributed by atoms with Crippen LogP contribution in [0.2, 0.25) is 0 Å². The summed E-state index contributed by atoms with van der Waals surface area (Å²) in [6.45, 7) is 0.273. The van der Waals surface area contributed by atoms with Crippen LogP contribution in [0.25, 0.3) is 0 Å². The number of hydrogen-bond acceptors (Lipinski definition) is 5. The predicted molar refractivity (Wildman–Crippen MR) is 76.9 cm³/mol. The summed E-state index contributed by atoms with van der Waals surface area (Å²) in [4.78, 5) is 22.2. The van der Waals surface area contributed by atoms with Crippen LogP contribution >= 0.6 is 0 Å². The van der Waals surface area contributed by atoms with Gasteiger partial charge in [0, 0.05) is 25.3 Å². The second-order valence-corrected chi connectivity index (χ2v) is 4.65. The Balaban J connectivity index is 2.59. The van der Waals surface area contributed by atoms with Crippen LogP contribution in [-0.4, -0.2) is 34.2 Å². The molecule has 1 aromatic carbocycles. The zero-order chi connectivity index (χ0) is 15.7. The second kappa shape index (κ2) is 9.04. The fourth-order valence-corrected chi connectivity index (χ4v) is 1.91. The van der Waals surface area contributed by atoms with Crippen molar-refractivity contribution in [3.05, 3.63) is 39.4 Å². The molecular weight excluding hydrogens is 276 g/mol. The molecule has 0 aliphatic heterocycles. The maximum Gasteiger partial charge on any atom is 0.270 e. The lowest BCUT2D eigenvalue weighted by Crippen LogP contribution is -2.25. The van der Waals surface area contributed by atoms with Crippen LogP contribution in [0.3, 0.4) is 0 Å². The van der Waals surface area contributed by atoms with E-state index < -0.39 is 10.8 Å². The molecule has 1 rings (SSSR count). The van der Waals surface area contributed by atoms with E-state index >= 15 is 0 Å². The number of non-ortho nitro benzene ring substituents is 1. The fourth-order valence-electron chi connectivity index (χ4n) is 1.91. The van der Waals surface area contributed by atoms with Crippen molar-refractivity contribution in [2.45, 2.75) is 32.3 Å². The molecule has 7 heteroatoms. The number of carbonyl (C=O) groups excluding carboxylic acids is 1. The zero-order valence-corrected chi connectivity index (χ0v) is 11.7. The standard InChI is InChI=1S/C14H20N2O5/c17-8-4-2-1-3-7-15-14(19)13-9-12(16(20)21)6-5-11(13)10-18/h5-6,9,17-18H,1-4,7-8,10H2,(H,15,19). The molecule has 0 aliphatic carbocycles. The zero-order valence-electron chi connectivity index (χ0n) is 11.7. The van der Waals surface area contributed by atoms with Gasteiger partial charge in [0.05, 0.1) is 17.1 Å². The predicted octanol–water partition coefficient (Wildman–Crippen LogP) is 1.37. The first kappa shape index (κ1) is 17.1. The average Bonchev–Trinajstić information content (AvgIpc) is 2.49. The minimum atomic E-state index is -0.577. The summed E-state index contributed by atoms with van der Waals surface area (Å²) < 4.78 is 0. The van der Waals surface area contributed by atoms with E-state index in [1.165, 1.54) is 18.2 Å². The van der Waals surface area contributed by atoms with Gasteiger partial charge in [-0.25, -0.2) is 0 Å². The highest BCUT2D eigenvalue weighted by molar-refractivity contribution is 5.96. The topological polar surface area (TPSA) is 113 Å². The third kappa shape index (κ3) is 5.49. The normalized spacial score (nSPS) is 10.4. The Labute approximate surface area is 122 Å². The summed E-state index contributed by atoms with van der Waals surface area (Å²) in [6, 6.07) is 3.82. The highest BCUT2D eigenvalue weighted by Crippen LogP contribution is 2.18.